The summed E-state index contributed by atoms with van der Waals surface area (Å²) in [6, 6.07) is 16.2. The minimum Gasteiger partial charge on any atom is -0.478 e. The Bertz CT molecular complexity index is 1640. The van der Waals surface area contributed by atoms with Gasteiger partial charge in [-0.3, -0.25) is 24.0 Å². The smallest absolute Gasteiger partial charge is 0.337 e. The van der Waals surface area contributed by atoms with Crippen LogP contribution >= 0.6 is 0 Å². The van der Waals surface area contributed by atoms with Crippen LogP contribution in [0.3, 0.4) is 0 Å². The third-order valence-electron chi connectivity index (χ3n) is 5.88. The molecular formula is C27H21N5O5. The largest absolute Gasteiger partial charge is 0.478 e. The zero-order chi connectivity index (χ0) is 26.7. The number of nitriles is 1. The van der Waals surface area contributed by atoms with Gasteiger partial charge in [-0.1, -0.05) is 18.2 Å². The molecule has 0 atom stereocenters. The van der Waals surface area contributed by atoms with Gasteiger partial charge in [-0.25, -0.2) is 9.48 Å². The molecule has 2 heterocycles. The number of rotatable bonds is 7. The summed E-state index contributed by atoms with van der Waals surface area (Å²) in [6.45, 7) is 1.69. The minimum atomic E-state index is -1.30. The maximum absolute atomic E-state index is 13.2. The molecule has 0 fully saturated rings. The molecule has 0 saturated carbocycles. The van der Waals surface area contributed by atoms with Gasteiger partial charge in [0.15, 0.2) is 5.78 Å². The van der Waals surface area contributed by atoms with Crippen LogP contribution in [-0.4, -0.2) is 37.1 Å². The quantitative estimate of drug-likeness (QED) is 0.374. The fourth-order valence-corrected chi connectivity index (χ4v) is 3.97. The molecule has 37 heavy (non-hydrogen) atoms. The second kappa shape index (κ2) is 10.1. The molecule has 184 valence electrons. The first-order valence-corrected chi connectivity index (χ1v) is 11.1. The topological polar surface area (TPSA) is 147 Å². The standard InChI is InChI=1S/C27H21N5O5/c1-16-24(26(35)32(31(16)2)20-6-4-3-5-7-20)23(33)12-18-10-19(15-29-14-18)25(34)30-22-9-8-17(13-28)11-21(22)27(36)37/h3-11,14-15H,12H2,1-2H3,(H,30,34)(H,36,37). The van der Waals surface area contributed by atoms with E-state index in [1.54, 1.807) is 42.9 Å². The van der Waals surface area contributed by atoms with Crippen molar-refractivity contribution in [3.8, 4) is 11.8 Å². The number of nitrogens with zero attached hydrogens (tertiary/aromatic N) is 4. The number of carboxylic acid groups (broad SMARTS) is 1. The van der Waals surface area contributed by atoms with Crippen molar-refractivity contribution in [2.24, 2.45) is 7.05 Å². The Morgan fingerprint density at radius 3 is 2.49 bits per heavy atom. The SMILES string of the molecule is Cc1c(C(=O)Cc2cncc(C(=O)Nc3ccc(C#N)cc3C(=O)O)c2)c(=O)n(-c2ccccc2)n1C. The maximum atomic E-state index is 13.2. The van der Waals surface area contributed by atoms with E-state index in [2.05, 4.69) is 10.3 Å². The summed E-state index contributed by atoms with van der Waals surface area (Å²) < 4.78 is 3.03. The number of benzene rings is 2. The second-order valence-electron chi connectivity index (χ2n) is 8.25. The Balaban J connectivity index is 1.58. The summed E-state index contributed by atoms with van der Waals surface area (Å²) in [5.41, 5.74) is 1.15. The van der Waals surface area contributed by atoms with Gasteiger partial charge >= 0.3 is 5.97 Å². The van der Waals surface area contributed by atoms with Gasteiger partial charge in [0.1, 0.15) is 5.56 Å². The molecule has 0 aliphatic rings. The number of ketones is 1. The molecule has 0 unspecified atom stereocenters. The van der Waals surface area contributed by atoms with Gasteiger partial charge in [0.25, 0.3) is 11.5 Å². The van der Waals surface area contributed by atoms with Gasteiger partial charge in [0, 0.05) is 31.6 Å². The van der Waals surface area contributed by atoms with E-state index in [4.69, 9.17) is 5.26 Å². The van der Waals surface area contributed by atoms with Gasteiger partial charge < -0.3 is 10.4 Å². The van der Waals surface area contributed by atoms with Crippen LogP contribution in [0, 0.1) is 18.3 Å². The Labute approximate surface area is 211 Å². The normalized spacial score (nSPS) is 10.5. The molecule has 0 radical (unpaired) electrons. The van der Waals surface area contributed by atoms with Crippen LogP contribution in [0.5, 0.6) is 0 Å². The Morgan fingerprint density at radius 2 is 1.81 bits per heavy atom. The summed E-state index contributed by atoms with van der Waals surface area (Å²) in [4.78, 5) is 54.7. The highest BCUT2D eigenvalue weighted by atomic mass is 16.4. The molecule has 10 heteroatoms. The number of pyridine rings is 1. The van der Waals surface area contributed by atoms with Crippen LogP contribution in [0.2, 0.25) is 0 Å². The van der Waals surface area contributed by atoms with Crippen molar-refractivity contribution in [2.75, 3.05) is 5.32 Å². The number of anilines is 1. The maximum Gasteiger partial charge on any atom is 0.337 e. The molecule has 0 aliphatic heterocycles. The van der Waals surface area contributed by atoms with E-state index < -0.39 is 23.2 Å². The zero-order valence-electron chi connectivity index (χ0n) is 19.9. The molecule has 1 amide bonds. The summed E-state index contributed by atoms with van der Waals surface area (Å²) >= 11 is 0. The lowest BCUT2D eigenvalue weighted by Gasteiger charge is -2.09. The van der Waals surface area contributed by atoms with Crippen molar-refractivity contribution in [2.45, 2.75) is 13.3 Å². The summed E-state index contributed by atoms with van der Waals surface area (Å²) in [5, 5.41) is 20.9. The van der Waals surface area contributed by atoms with Gasteiger partial charge in [0.05, 0.1) is 34.1 Å². The number of aromatic nitrogens is 3. The highest BCUT2D eigenvalue weighted by molar-refractivity contribution is 6.08. The third-order valence-corrected chi connectivity index (χ3v) is 5.88. The lowest BCUT2D eigenvalue weighted by atomic mass is 10.0. The fourth-order valence-electron chi connectivity index (χ4n) is 3.97. The minimum absolute atomic E-state index is 0.0133. The summed E-state index contributed by atoms with van der Waals surface area (Å²) in [6.07, 6.45) is 2.54. The summed E-state index contributed by atoms with van der Waals surface area (Å²) in [5.74, 6) is -2.37. The van der Waals surface area contributed by atoms with E-state index in [1.807, 2.05) is 12.1 Å². The third kappa shape index (κ3) is 4.92. The number of amides is 1. The average Bonchev–Trinajstić information content (AvgIpc) is 3.12. The van der Waals surface area contributed by atoms with Gasteiger partial charge in [-0.05, 0) is 48.9 Å². The Hall–Kier alpha value is -5.30. The number of carboxylic acids is 1. The predicted octanol–water partition coefficient (Wildman–Crippen LogP) is 3.13. The second-order valence-corrected chi connectivity index (χ2v) is 8.25. The van der Waals surface area contributed by atoms with Crippen molar-refractivity contribution in [1.29, 1.82) is 5.26 Å². The number of hydrogen-bond acceptors (Lipinski definition) is 6. The molecule has 2 N–H and O–H groups in total. The number of carbonyl (C=O) groups excluding carboxylic acids is 2. The molecule has 0 bridgehead atoms. The van der Waals surface area contributed by atoms with Crippen molar-refractivity contribution in [3.05, 3.63) is 111 Å². The van der Waals surface area contributed by atoms with Crippen LogP contribution in [0.15, 0.2) is 71.8 Å². The average molecular weight is 495 g/mol. The van der Waals surface area contributed by atoms with E-state index >= 15 is 0 Å². The number of Topliss-reactive ketones (excluding diaryl/α,β-unsaturated/α-hetero) is 1. The highest BCUT2D eigenvalue weighted by Gasteiger charge is 2.23. The van der Waals surface area contributed by atoms with E-state index in [-0.39, 0.29) is 34.4 Å². The Kier molecular flexibility index (Phi) is 6.79. The van der Waals surface area contributed by atoms with Crippen molar-refractivity contribution in [3.63, 3.8) is 0 Å². The molecule has 4 aromatic rings. The van der Waals surface area contributed by atoms with Gasteiger partial charge in [0.2, 0.25) is 0 Å². The van der Waals surface area contributed by atoms with E-state index in [9.17, 15) is 24.3 Å². The zero-order valence-corrected chi connectivity index (χ0v) is 19.9. The monoisotopic (exact) mass is 495 g/mol. The number of carbonyl (C=O) groups is 3. The molecule has 2 aromatic heterocycles. The van der Waals surface area contributed by atoms with Gasteiger partial charge in [-0.15, -0.1) is 0 Å². The first-order valence-electron chi connectivity index (χ1n) is 11.1. The number of nitrogens with one attached hydrogen (secondary N) is 1. The highest BCUT2D eigenvalue weighted by Crippen LogP contribution is 2.19. The predicted molar refractivity (Wildman–Crippen MR) is 134 cm³/mol. The van der Waals surface area contributed by atoms with Crippen LogP contribution < -0.4 is 10.9 Å². The van der Waals surface area contributed by atoms with Crippen molar-refractivity contribution in [1.82, 2.24) is 14.3 Å². The number of aromatic carboxylic acids is 1. The molecular weight excluding hydrogens is 474 g/mol. The lowest BCUT2D eigenvalue weighted by Crippen LogP contribution is -2.23. The van der Waals surface area contributed by atoms with Crippen molar-refractivity contribution >= 4 is 23.3 Å². The number of hydrogen-bond donors (Lipinski definition) is 2. The van der Waals surface area contributed by atoms with E-state index in [0.717, 1.165) is 6.07 Å². The van der Waals surface area contributed by atoms with Crippen LogP contribution in [-0.2, 0) is 13.5 Å². The molecule has 2 aromatic carbocycles. The van der Waals surface area contributed by atoms with E-state index in [1.165, 1.54) is 35.3 Å². The molecule has 0 spiro atoms. The first-order chi connectivity index (χ1) is 17.7. The molecule has 4 rings (SSSR count). The molecule has 0 aliphatic carbocycles. The first kappa shape index (κ1) is 24.8. The van der Waals surface area contributed by atoms with Crippen LogP contribution in [0.4, 0.5) is 5.69 Å². The van der Waals surface area contributed by atoms with Gasteiger partial charge in [-0.2, -0.15) is 5.26 Å². The van der Waals surface area contributed by atoms with E-state index in [0.29, 0.717) is 16.9 Å². The van der Waals surface area contributed by atoms with Crippen LogP contribution in [0.25, 0.3) is 5.69 Å². The molecule has 10 nitrogen and oxygen atoms in total. The van der Waals surface area contributed by atoms with Crippen molar-refractivity contribution < 1.29 is 19.5 Å². The lowest BCUT2D eigenvalue weighted by molar-refractivity contribution is 0.0697. The Morgan fingerprint density at radius 1 is 1.08 bits per heavy atom. The fraction of sp³-hybridized carbons (Fsp3) is 0.111. The summed E-state index contributed by atoms with van der Waals surface area (Å²) in [7, 11) is 1.70. The molecule has 0 saturated heterocycles. The van der Waals surface area contributed by atoms with Crippen LogP contribution in [0.1, 0.15) is 47.9 Å². The number of para-hydroxylation sites is 1.